The molecule has 11 heterocycles. The van der Waals surface area contributed by atoms with Crippen molar-refractivity contribution in [2.24, 2.45) is 0 Å². The van der Waals surface area contributed by atoms with Crippen molar-refractivity contribution < 1.29 is 276 Å². The number of aliphatic hydroxyl groups excluding tert-OH is 29. The molecule has 62 nitrogen and oxygen atoms in total. The molecular weight excluding hydrogens is 1920 g/mol. The zero-order valence-electron chi connectivity index (χ0n) is 75.5. The molecular formula is C78H130N6O56. The number of ether oxygens (including phenoxy) is 21. The normalized spacial score (nSPS) is 48.1. The van der Waals surface area contributed by atoms with Crippen LogP contribution < -0.4 is 31.9 Å². The zero-order valence-corrected chi connectivity index (χ0v) is 75.5. The van der Waals surface area contributed by atoms with Crippen LogP contribution in [0.2, 0.25) is 0 Å². The Kier molecular flexibility index (Phi) is 41.7. The van der Waals surface area contributed by atoms with Crippen LogP contribution in [-0.4, -0.2) is 594 Å². The van der Waals surface area contributed by atoms with Gasteiger partial charge in [-0.3, -0.25) is 28.8 Å². The summed E-state index contributed by atoms with van der Waals surface area (Å²) in [7, 11) is 0. The van der Waals surface area contributed by atoms with Gasteiger partial charge in [-0.25, -0.2) is 0 Å². The van der Waals surface area contributed by atoms with Crippen LogP contribution in [0.5, 0.6) is 0 Å². The second-order valence-corrected chi connectivity index (χ2v) is 35.3. The first-order chi connectivity index (χ1) is 66.2. The van der Waals surface area contributed by atoms with E-state index < -0.39 is 446 Å². The van der Waals surface area contributed by atoms with Crippen LogP contribution in [0.3, 0.4) is 0 Å². The number of aliphatic hydroxyl groups is 29. The van der Waals surface area contributed by atoms with E-state index in [1.54, 1.807) is 0 Å². The van der Waals surface area contributed by atoms with Crippen molar-refractivity contribution >= 4 is 35.4 Å². The Morgan fingerprint density at radius 3 is 0.764 bits per heavy atom. The second kappa shape index (κ2) is 50.7. The molecule has 0 radical (unpaired) electrons. The molecule has 0 aromatic rings. The Hall–Kier alpha value is -5.18. The maximum absolute atomic E-state index is 13.4. The lowest BCUT2D eigenvalue weighted by Gasteiger charge is -2.52. The van der Waals surface area contributed by atoms with Gasteiger partial charge in [-0.1, -0.05) is 0 Å². The SMILES string of the molecule is CC(=O)N[C@@H]1[C@H](O[C@@H]2[C@@H](O[C@@H]3[C@H](O)[C@H](O[C@H]4[C@H](O)[C@@H](NC(C)=O)[C@H](O[C@H]5[C@H](O)[C@@H](NC(C)=O)[C@H](O)O[C@@H]5CO)O[C@@H]4CO)O[C@H](CO[C@H]4O[C@H](CO[C@@H]5O[C@H](CO)[C@@H](O)[C@H](O)[C@H]5NC(C)=O)[C@@H](O)[C@H](O)[C@@H]4O[C@@H]4O[C@H](CO)[C@@H](O[C@@H]5O[C@H](CO)[C@H](O)[C@H](O)[C@H]5O)[C@H](O)[C@H]4NC(C)=O)[C@H]3O)O[C@H](CO)[C@@H](O[C@@H]3O[C@H](CO)[C@@H](O)[C@H](O)[C@H]3NC(C)=O)[C@@H]2O)O[C@H](CO)[C@@H](O[C@@H]2O[C@H](CO)[C@H](O)[C@H](O)[C@H]2O)[C@@H]1O. The minimum Gasteiger partial charge on any atom is -0.394 e. The topological polar surface area (TPSA) is 955 Å². The fraction of sp³-hybridized carbons (Fsp3) is 0.923. The molecule has 0 aromatic carbocycles. The smallest absolute Gasteiger partial charge is 0.217 e. The van der Waals surface area contributed by atoms with E-state index in [1.807, 2.05) is 0 Å². The maximum atomic E-state index is 13.4. The lowest BCUT2D eigenvalue weighted by Crippen LogP contribution is -2.71. The molecule has 0 saturated carbocycles. The molecule has 0 bridgehead atoms. The van der Waals surface area contributed by atoms with E-state index in [1.165, 1.54) is 0 Å². The Morgan fingerprint density at radius 2 is 0.407 bits per heavy atom. The molecule has 11 saturated heterocycles. The minimum atomic E-state index is -2.78. The molecule has 11 rings (SSSR count). The second-order valence-electron chi connectivity index (χ2n) is 35.3. The molecule has 11 aliphatic heterocycles. The van der Waals surface area contributed by atoms with Crippen LogP contribution in [0.1, 0.15) is 41.5 Å². The quantitative estimate of drug-likeness (QED) is 0.0275. The Balaban J connectivity index is 1.01. The highest BCUT2D eigenvalue weighted by molar-refractivity contribution is 5.75. The number of carbonyl (C=O) groups excluding carboxylic acids is 6. The van der Waals surface area contributed by atoms with Crippen LogP contribution in [-0.2, 0) is 128 Å². The van der Waals surface area contributed by atoms with Crippen molar-refractivity contribution in [1.82, 2.24) is 31.9 Å². The van der Waals surface area contributed by atoms with Crippen molar-refractivity contribution in [3.63, 3.8) is 0 Å². The van der Waals surface area contributed by atoms with Crippen LogP contribution in [0, 0.1) is 0 Å². The summed E-state index contributed by atoms with van der Waals surface area (Å²) >= 11 is 0. The lowest BCUT2D eigenvalue weighted by molar-refractivity contribution is -0.405. The summed E-state index contributed by atoms with van der Waals surface area (Å²) in [6.45, 7) is -7.31. The van der Waals surface area contributed by atoms with Gasteiger partial charge in [0.15, 0.2) is 69.2 Å². The van der Waals surface area contributed by atoms with Gasteiger partial charge in [0.2, 0.25) is 35.4 Å². The van der Waals surface area contributed by atoms with E-state index in [9.17, 15) is 177 Å². The van der Waals surface area contributed by atoms with Gasteiger partial charge < -0.3 is 279 Å². The summed E-state index contributed by atoms with van der Waals surface area (Å²) in [5.41, 5.74) is 0. The van der Waals surface area contributed by atoms with Gasteiger partial charge in [0.1, 0.15) is 268 Å². The number of nitrogens with one attached hydrogen (secondary N) is 6. The molecule has 0 aliphatic carbocycles. The summed E-state index contributed by atoms with van der Waals surface area (Å²) in [6, 6.07) is -11.6. The van der Waals surface area contributed by atoms with Crippen molar-refractivity contribution in [2.45, 2.75) is 379 Å². The third kappa shape index (κ3) is 25.8. The van der Waals surface area contributed by atoms with Gasteiger partial charge in [-0.15, -0.1) is 0 Å². The van der Waals surface area contributed by atoms with Crippen molar-refractivity contribution in [1.29, 1.82) is 0 Å². The van der Waals surface area contributed by atoms with Crippen LogP contribution in [0.15, 0.2) is 0 Å². The van der Waals surface area contributed by atoms with Gasteiger partial charge in [0, 0.05) is 41.5 Å². The minimum absolute atomic E-state index is 0.838. The highest BCUT2D eigenvalue weighted by atomic mass is 16.8. The first kappa shape index (κ1) is 115. The van der Waals surface area contributed by atoms with Crippen molar-refractivity contribution in [3.8, 4) is 0 Å². The molecule has 0 aromatic heterocycles. The number of carbonyl (C=O) groups is 6. The van der Waals surface area contributed by atoms with E-state index in [-0.39, 0.29) is 0 Å². The number of hydrogen-bond acceptors (Lipinski definition) is 56. The van der Waals surface area contributed by atoms with Gasteiger partial charge in [-0.2, -0.15) is 0 Å². The van der Waals surface area contributed by atoms with E-state index in [2.05, 4.69) is 31.9 Å². The molecule has 62 heteroatoms. The summed E-state index contributed by atoms with van der Waals surface area (Å²) in [6.07, 6.45) is -107. The van der Waals surface area contributed by atoms with E-state index in [0.29, 0.717) is 0 Å². The average Bonchev–Trinajstić information content (AvgIpc) is 0.758. The third-order valence-corrected chi connectivity index (χ3v) is 25.4. The molecule has 0 spiro atoms. The molecule has 808 valence electrons. The first-order valence-electron chi connectivity index (χ1n) is 44.6. The summed E-state index contributed by atoms with van der Waals surface area (Å²) < 4.78 is 127. The molecule has 6 amide bonds. The van der Waals surface area contributed by atoms with Gasteiger partial charge in [0.25, 0.3) is 0 Å². The van der Waals surface area contributed by atoms with Crippen molar-refractivity contribution in [3.05, 3.63) is 0 Å². The molecule has 55 atom stereocenters. The van der Waals surface area contributed by atoms with E-state index in [4.69, 9.17) is 99.5 Å². The zero-order chi connectivity index (χ0) is 103. The Bertz CT molecular complexity index is 3920. The third-order valence-electron chi connectivity index (χ3n) is 25.4. The summed E-state index contributed by atoms with van der Waals surface area (Å²) in [4.78, 5) is 77.7. The lowest BCUT2D eigenvalue weighted by atomic mass is 9.93. The molecule has 11 aliphatic rings. The molecule has 11 fully saturated rings. The fourth-order valence-corrected chi connectivity index (χ4v) is 18.1. The standard InChI is InChI=1S/C78H130N6O56/c1-18(94)79-35-49(108)60(28(11-89)122-68(35)119)133-71-38(82-21(4)97)50(109)63(31(14-92)127-71)137-76-59(118)65(138-78-67(58(117)64(32(15-93)130-78)134-70-37(81-20(3)96)48(107)42(101)25(8-86)124-70)140-73-40(84-23(6)99)52(111)62(30(13-91)129-73)136-75-57(116)54(113)44(103)27(10-88)126-75)46(105)34(131-76)17-121-77-66(55(114)45(104)33(132-77)16-120-69-36(80-19(2)95)47(106)41(100)24(7-85)123-69)139-72-39(83-22(5)98)51(110)61(29(12-90)128-72)135-74-56(115)53(112)43(102)26(9-87)125-74/h24-78,85-93,100-119H,7-17H2,1-6H3,(H,79,94)(H,80,95)(H,81,96)(H,82,97)(H,83,98)(H,84,99)/t24-,25-,26-,27-,28-,29-,30-,31-,32-,33-,34-,35-,36-,37-,38-,39-,40+,41-,42-,43+,44+,45-,46-,47-,48-,49-,50-,51-,52-,53+,54+,55+,56-,57-,58+,59+,60-,61-,62-,63-,64-,65+,66+,67+,68-,69-,70+,71+,72+,73+,74+,75+,76+,77+,78-/m1/s1. The fourth-order valence-electron chi connectivity index (χ4n) is 18.1. The maximum Gasteiger partial charge on any atom is 0.217 e. The molecule has 0 unspecified atom stereocenters. The average molecular weight is 2050 g/mol. The molecule has 35 N–H and O–H groups in total. The Labute approximate surface area is 792 Å². The van der Waals surface area contributed by atoms with Gasteiger partial charge in [-0.05, 0) is 0 Å². The van der Waals surface area contributed by atoms with E-state index >= 15 is 0 Å². The van der Waals surface area contributed by atoms with Crippen molar-refractivity contribution in [2.75, 3.05) is 72.7 Å². The number of rotatable bonds is 37. The summed E-state index contributed by atoms with van der Waals surface area (Å²) in [5.74, 6) is -5.74. The van der Waals surface area contributed by atoms with Crippen LogP contribution in [0.25, 0.3) is 0 Å². The highest BCUT2D eigenvalue weighted by Gasteiger charge is 2.63. The van der Waals surface area contributed by atoms with Gasteiger partial charge in [0.05, 0.1) is 72.7 Å². The van der Waals surface area contributed by atoms with Crippen LogP contribution >= 0.6 is 0 Å². The number of hydrogen-bond donors (Lipinski definition) is 35. The summed E-state index contributed by atoms with van der Waals surface area (Å²) in [5, 5.41) is 343. The van der Waals surface area contributed by atoms with Crippen LogP contribution in [0.4, 0.5) is 0 Å². The largest absolute Gasteiger partial charge is 0.394 e. The van der Waals surface area contributed by atoms with Gasteiger partial charge >= 0.3 is 0 Å². The monoisotopic (exact) mass is 2050 g/mol. The predicted molar refractivity (Wildman–Crippen MR) is 432 cm³/mol. The first-order valence-corrected chi connectivity index (χ1v) is 44.6. The molecule has 140 heavy (non-hydrogen) atoms. The highest BCUT2D eigenvalue weighted by Crippen LogP contribution is 2.42. The Morgan fingerprint density at radius 1 is 0.186 bits per heavy atom. The van der Waals surface area contributed by atoms with E-state index in [0.717, 1.165) is 41.5 Å². The predicted octanol–water partition coefficient (Wildman–Crippen LogP) is -24.1. The number of amides is 6.